The number of anilines is 2. The van der Waals surface area contributed by atoms with E-state index in [0.29, 0.717) is 11.4 Å². The number of nitrogen functional groups attached to an aromatic ring is 1. The average molecular weight is 172 g/mol. The van der Waals surface area contributed by atoms with Crippen molar-refractivity contribution in [3.63, 3.8) is 0 Å². The molecule has 1 rings (SSSR count). The highest BCUT2D eigenvalue weighted by atomic mass is 32.2. The lowest BCUT2D eigenvalue weighted by Crippen LogP contribution is -2.04. The lowest BCUT2D eigenvalue weighted by molar-refractivity contribution is 0.542. The van der Waals surface area contributed by atoms with E-state index in [1.165, 1.54) is 18.5 Å². The summed E-state index contributed by atoms with van der Waals surface area (Å²) in [4.78, 5) is 3.68. The highest BCUT2D eigenvalue weighted by Gasteiger charge is 1.94. The van der Waals surface area contributed by atoms with E-state index < -0.39 is 11.3 Å². The molecule has 1 heterocycles. The van der Waals surface area contributed by atoms with E-state index >= 15 is 0 Å². The van der Waals surface area contributed by atoms with Crippen molar-refractivity contribution >= 4 is 22.6 Å². The van der Waals surface area contributed by atoms with Crippen LogP contribution in [0.5, 0.6) is 0 Å². The number of aromatic nitrogens is 1. The van der Waals surface area contributed by atoms with Crippen LogP contribution in [0.4, 0.5) is 11.4 Å². The maximum Gasteiger partial charge on any atom is 0.0869 e. The van der Waals surface area contributed by atoms with Crippen molar-refractivity contribution in [1.82, 2.24) is 4.98 Å². The molecule has 0 aliphatic heterocycles. The molecule has 1 aromatic rings. The third kappa shape index (κ3) is 2.17. The minimum absolute atomic E-state index is 0.292. The van der Waals surface area contributed by atoms with Crippen LogP contribution in [0, 0.1) is 0 Å². The Balaban J connectivity index is 2.86. The van der Waals surface area contributed by atoms with Gasteiger partial charge in [-0.05, 0) is 6.07 Å². The Bertz CT molecular complexity index is 278. The minimum atomic E-state index is -2.35. The van der Waals surface area contributed by atoms with E-state index in [1.807, 2.05) is 0 Å². The lowest BCUT2D eigenvalue weighted by atomic mass is 10.4. The van der Waals surface area contributed by atoms with Crippen molar-refractivity contribution < 1.29 is 8.76 Å². The number of nitrogens with zero attached hydrogens (tertiary/aromatic N) is 1. The van der Waals surface area contributed by atoms with Gasteiger partial charge in [0.1, 0.15) is 0 Å². The van der Waals surface area contributed by atoms with Gasteiger partial charge in [0.2, 0.25) is 0 Å². The molecule has 1 unspecified atom stereocenters. The number of nitrogens with one attached hydrogen (secondary N) is 1. The summed E-state index contributed by atoms with van der Waals surface area (Å²) in [5.74, 6) is 0. The fraction of sp³-hybridized carbons (Fsp3) is 0. The van der Waals surface area contributed by atoms with Crippen molar-refractivity contribution in [2.75, 3.05) is 10.5 Å². The maximum absolute atomic E-state index is 10.1. The molecule has 0 amide bonds. The Labute approximate surface area is 66.1 Å². The standard InChI is InChI=1S/C5H7N3O2S/c6-4-1-2-7-3-5(4)8-11(9)10/h1-3,8H,(H2,6,7)(H,9,10)/p-1. The second-order valence-electron chi connectivity index (χ2n) is 1.80. The zero-order valence-electron chi connectivity index (χ0n) is 5.48. The van der Waals surface area contributed by atoms with Crippen molar-refractivity contribution in [2.24, 2.45) is 0 Å². The molecule has 60 valence electrons. The molecule has 0 aliphatic carbocycles. The van der Waals surface area contributed by atoms with Crippen LogP contribution in [-0.4, -0.2) is 13.7 Å². The van der Waals surface area contributed by atoms with Crippen LogP contribution >= 0.6 is 0 Å². The third-order valence-electron chi connectivity index (χ3n) is 1.05. The van der Waals surface area contributed by atoms with Gasteiger partial charge in [-0.15, -0.1) is 0 Å². The summed E-state index contributed by atoms with van der Waals surface area (Å²) in [5.41, 5.74) is 6.04. The van der Waals surface area contributed by atoms with Crippen molar-refractivity contribution in [1.29, 1.82) is 0 Å². The summed E-state index contributed by atoms with van der Waals surface area (Å²) in [6, 6.07) is 1.51. The molecule has 11 heavy (non-hydrogen) atoms. The molecule has 0 bridgehead atoms. The van der Waals surface area contributed by atoms with Crippen LogP contribution in [0.1, 0.15) is 0 Å². The molecular formula is C5H6N3O2S-. The van der Waals surface area contributed by atoms with E-state index in [1.54, 1.807) is 0 Å². The number of pyridine rings is 1. The normalized spacial score (nSPS) is 12.5. The van der Waals surface area contributed by atoms with Gasteiger partial charge in [0.15, 0.2) is 0 Å². The van der Waals surface area contributed by atoms with Gasteiger partial charge in [-0.1, -0.05) is 0 Å². The molecule has 0 spiro atoms. The highest BCUT2D eigenvalue weighted by Crippen LogP contribution is 2.14. The summed E-state index contributed by atoms with van der Waals surface area (Å²) in [5, 5.41) is 0. The molecule has 3 N–H and O–H groups in total. The number of rotatable bonds is 2. The quantitative estimate of drug-likeness (QED) is 0.608. The molecule has 0 saturated carbocycles. The van der Waals surface area contributed by atoms with Crippen LogP contribution in [-0.2, 0) is 11.3 Å². The van der Waals surface area contributed by atoms with Crippen LogP contribution in [0.15, 0.2) is 18.5 Å². The molecule has 0 saturated heterocycles. The smallest absolute Gasteiger partial charge is 0.0869 e. The summed E-state index contributed by atoms with van der Waals surface area (Å²) < 4.78 is 22.4. The number of hydrogen-bond acceptors (Lipinski definition) is 4. The summed E-state index contributed by atoms with van der Waals surface area (Å²) in [6.45, 7) is 0. The number of nitrogens with two attached hydrogens (primary N) is 1. The topological polar surface area (TPSA) is 91.1 Å². The van der Waals surface area contributed by atoms with Gasteiger partial charge in [0.25, 0.3) is 0 Å². The molecule has 6 heteroatoms. The number of hydrogen-bond donors (Lipinski definition) is 2. The van der Waals surface area contributed by atoms with E-state index in [0.717, 1.165) is 0 Å². The Morgan fingerprint density at radius 1 is 1.73 bits per heavy atom. The van der Waals surface area contributed by atoms with Crippen molar-refractivity contribution in [2.45, 2.75) is 0 Å². The predicted octanol–water partition coefficient (Wildman–Crippen LogP) is -0.130. The summed E-state index contributed by atoms with van der Waals surface area (Å²) in [7, 11) is 0. The highest BCUT2D eigenvalue weighted by molar-refractivity contribution is 7.80. The molecule has 0 aromatic carbocycles. The van der Waals surface area contributed by atoms with Crippen LogP contribution in [0.3, 0.4) is 0 Å². The molecule has 0 aliphatic rings. The van der Waals surface area contributed by atoms with Crippen LogP contribution in [0.2, 0.25) is 0 Å². The van der Waals surface area contributed by atoms with Gasteiger partial charge in [-0.3, -0.25) is 9.19 Å². The second-order valence-corrected chi connectivity index (χ2v) is 2.47. The van der Waals surface area contributed by atoms with Crippen LogP contribution in [0.25, 0.3) is 0 Å². The van der Waals surface area contributed by atoms with Gasteiger partial charge < -0.3 is 15.0 Å². The van der Waals surface area contributed by atoms with Gasteiger partial charge in [-0.2, -0.15) is 0 Å². The predicted molar refractivity (Wildman–Crippen MR) is 41.2 cm³/mol. The van der Waals surface area contributed by atoms with Crippen LogP contribution < -0.4 is 10.5 Å². The minimum Gasteiger partial charge on any atom is -0.755 e. The fourth-order valence-electron chi connectivity index (χ4n) is 0.580. The molecular weight excluding hydrogens is 166 g/mol. The Morgan fingerprint density at radius 2 is 2.45 bits per heavy atom. The Kier molecular flexibility index (Phi) is 2.40. The average Bonchev–Trinajstić information content (AvgIpc) is 1.93. The first-order valence-electron chi connectivity index (χ1n) is 2.75. The lowest BCUT2D eigenvalue weighted by Gasteiger charge is -2.09. The first-order chi connectivity index (χ1) is 5.20. The summed E-state index contributed by atoms with van der Waals surface area (Å²) in [6.07, 6.45) is 2.82. The molecule has 5 nitrogen and oxygen atoms in total. The molecule has 1 atom stereocenters. The first-order valence-corrected chi connectivity index (χ1v) is 3.83. The zero-order chi connectivity index (χ0) is 8.27. The second kappa shape index (κ2) is 3.31. The SMILES string of the molecule is Nc1ccncc1NS(=O)[O-]. The summed E-state index contributed by atoms with van der Waals surface area (Å²) >= 11 is -2.35. The molecule has 0 fully saturated rings. The zero-order valence-corrected chi connectivity index (χ0v) is 6.30. The van der Waals surface area contributed by atoms with Gasteiger partial charge >= 0.3 is 0 Å². The Morgan fingerprint density at radius 3 is 3.00 bits per heavy atom. The van der Waals surface area contributed by atoms with E-state index in [2.05, 4.69) is 9.71 Å². The van der Waals surface area contributed by atoms with E-state index in [4.69, 9.17) is 5.73 Å². The first kappa shape index (κ1) is 7.96. The largest absolute Gasteiger partial charge is 0.755 e. The third-order valence-corrected chi connectivity index (χ3v) is 1.43. The monoisotopic (exact) mass is 172 g/mol. The van der Waals surface area contributed by atoms with Crippen molar-refractivity contribution in [3.8, 4) is 0 Å². The van der Waals surface area contributed by atoms with E-state index in [9.17, 15) is 8.76 Å². The van der Waals surface area contributed by atoms with Gasteiger partial charge in [0.05, 0.1) is 17.6 Å². The Hall–Kier alpha value is -1.14. The van der Waals surface area contributed by atoms with Crippen molar-refractivity contribution in [3.05, 3.63) is 18.5 Å². The fourth-order valence-corrected chi connectivity index (χ4v) is 0.930. The van der Waals surface area contributed by atoms with E-state index in [-0.39, 0.29) is 0 Å². The maximum atomic E-state index is 10.1. The van der Waals surface area contributed by atoms with Gasteiger partial charge in [0, 0.05) is 17.5 Å². The van der Waals surface area contributed by atoms with Gasteiger partial charge in [-0.25, -0.2) is 0 Å². The molecule has 0 radical (unpaired) electrons. The molecule has 1 aromatic heterocycles.